The molecule has 8 heteroatoms. The molecule has 0 saturated carbocycles. The van der Waals surface area contributed by atoms with E-state index in [1.165, 1.54) is 14.0 Å². The lowest BCUT2D eigenvalue weighted by Gasteiger charge is -2.39. The average Bonchev–Trinajstić information content (AvgIpc) is 2.51. The largest absolute Gasteiger partial charge is 0.507 e. The number of aliphatic hydroxyl groups is 3. The molecule has 0 unspecified atom stereocenters. The Balaban J connectivity index is 2.48. The summed E-state index contributed by atoms with van der Waals surface area (Å²) in [7, 11) is 1.25. The second-order valence-corrected chi connectivity index (χ2v) is 6.21. The van der Waals surface area contributed by atoms with Gasteiger partial charge in [-0.25, -0.2) is 0 Å². The molecule has 2 aromatic rings. The van der Waals surface area contributed by atoms with Crippen molar-refractivity contribution in [3.8, 4) is 28.7 Å². The van der Waals surface area contributed by atoms with Gasteiger partial charge in [0.1, 0.15) is 29.5 Å². The van der Waals surface area contributed by atoms with Crippen LogP contribution in [0.5, 0.6) is 28.7 Å². The van der Waals surface area contributed by atoms with E-state index in [0.717, 1.165) is 6.07 Å². The summed E-state index contributed by atoms with van der Waals surface area (Å²) in [5.74, 6) is -2.26. The SMILES string of the molecule is COc1cc(O)c2c(O)c3c(c(O)c2c1O)C[C@@](C)(O)[C@@H](O)[C@@H]3O. The molecule has 7 N–H and O–H groups in total. The number of aromatic hydroxyl groups is 4. The summed E-state index contributed by atoms with van der Waals surface area (Å²) in [5, 5.41) is 71.3. The van der Waals surface area contributed by atoms with E-state index in [4.69, 9.17) is 4.74 Å². The van der Waals surface area contributed by atoms with Crippen LogP contribution in [-0.2, 0) is 6.42 Å². The molecule has 0 bridgehead atoms. The molecule has 3 rings (SSSR count). The molecule has 2 aromatic carbocycles. The van der Waals surface area contributed by atoms with Gasteiger partial charge in [-0.2, -0.15) is 0 Å². The highest BCUT2D eigenvalue weighted by molar-refractivity contribution is 6.05. The van der Waals surface area contributed by atoms with Gasteiger partial charge < -0.3 is 40.5 Å². The van der Waals surface area contributed by atoms with Crippen LogP contribution in [0.4, 0.5) is 0 Å². The van der Waals surface area contributed by atoms with Crippen LogP contribution in [-0.4, -0.2) is 54.6 Å². The molecule has 0 heterocycles. The van der Waals surface area contributed by atoms with Gasteiger partial charge in [-0.1, -0.05) is 0 Å². The molecule has 24 heavy (non-hydrogen) atoms. The van der Waals surface area contributed by atoms with Gasteiger partial charge in [0.15, 0.2) is 11.5 Å². The minimum Gasteiger partial charge on any atom is -0.507 e. The third-order valence-electron chi connectivity index (χ3n) is 4.57. The van der Waals surface area contributed by atoms with E-state index in [0.29, 0.717) is 0 Å². The lowest BCUT2D eigenvalue weighted by atomic mass is 9.75. The Bertz CT molecular complexity index is 842. The summed E-state index contributed by atoms with van der Waals surface area (Å²) in [4.78, 5) is 0. The molecule has 130 valence electrons. The van der Waals surface area contributed by atoms with Gasteiger partial charge in [-0.05, 0) is 6.92 Å². The van der Waals surface area contributed by atoms with Crippen LogP contribution in [0.25, 0.3) is 10.8 Å². The van der Waals surface area contributed by atoms with Gasteiger partial charge in [0.2, 0.25) is 0 Å². The molecule has 3 atom stereocenters. The predicted molar refractivity (Wildman–Crippen MR) is 82.5 cm³/mol. The first-order chi connectivity index (χ1) is 11.1. The Kier molecular flexibility index (Phi) is 3.45. The van der Waals surface area contributed by atoms with Crippen molar-refractivity contribution in [2.45, 2.75) is 31.2 Å². The zero-order valence-corrected chi connectivity index (χ0v) is 13.0. The molecule has 1 aliphatic rings. The number of phenolic OH excluding ortho intramolecular Hbond substituents is 4. The minimum absolute atomic E-state index is 0.0363. The van der Waals surface area contributed by atoms with Crippen LogP contribution < -0.4 is 4.74 Å². The molecule has 0 aliphatic heterocycles. The quantitative estimate of drug-likeness (QED) is 0.369. The van der Waals surface area contributed by atoms with E-state index in [-0.39, 0.29) is 34.1 Å². The summed E-state index contributed by atoms with van der Waals surface area (Å²) >= 11 is 0. The van der Waals surface area contributed by atoms with Gasteiger partial charge >= 0.3 is 0 Å². The number of rotatable bonds is 1. The number of phenols is 4. The van der Waals surface area contributed by atoms with E-state index >= 15 is 0 Å². The summed E-state index contributed by atoms with van der Waals surface area (Å²) in [6.07, 6.45) is -3.59. The maximum atomic E-state index is 10.5. The fraction of sp³-hybridized carbons (Fsp3) is 0.375. The van der Waals surface area contributed by atoms with E-state index in [1.807, 2.05) is 0 Å². The highest BCUT2D eigenvalue weighted by atomic mass is 16.5. The van der Waals surface area contributed by atoms with Crippen LogP contribution >= 0.6 is 0 Å². The molecule has 0 fully saturated rings. The first-order valence-electron chi connectivity index (χ1n) is 7.19. The Morgan fingerprint density at radius 1 is 1.04 bits per heavy atom. The van der Waals surface area contributed by atoms with Gasteiger partial charge in [0.05, 0.1) is 23.5 Å². The number of fused-ring (bicyclic) bond motifs is 2. The third-order valence-corrected chi connectivity index (χ3v) is 4.57. The van der Waals surface area contributed by atoms with Crippen molar-refractivity contribution in [3.05, 3.63) is 17.2 Å². The van der Waals surface area contributed by atoms with Crippen molar-refractivity contribution in [3.63, 3.8) is 0 Å². The fourth-order valence-corrected chi connectivity index (χ4v) is 3.27. The van der Waals surface area contributed by atoms with Crippen LogP contribution in [0.2, 0.25) is 0 Å². The average molecular weight is 338 g/mol. The Morgan fingerprint density at radius 2 is 1.67 bits per heavy atom. The molecule has 0 saturated heterocycles. The maximum Gasteiger partial charge on any atom is 0.169 e. The van der Waals surface area contributed by atoms with Crippen molar-refractivity contribution < 1.29 is 40.5 Å². The van der Waals surface area contributed by atoms with Crippen LogP contribution in [0.3, 0.4) is 0 Å². The highest BCUT2D eigenvalue weighted by Crippen LogP contribution is 2.54. The molecule has 1 aliphatic carbocycles. The Morgan fingerprint density at radius 3 is 2.25 bits per heavy atom. The third kappa shape index (κ3) is 1.97. The minimum atomic E-state index is -1.76. The standard InChI is InChI=1S/C16H18O8/c1-16(23)4-5-8(14(21)15(16)22)13(20)9-6(17)3-7(24-2)12(19)10(9)11(5)18/h3,14-15,17-23H,4H2,1-2H3/t14-,15+,16-/m1/s1. The number of methoxy groups -OCH3 is 1. The van der Waals surface area contributed by atoms with Gasteiger partial charge in [0, 0.05) is 23.6 Å². The summed E-state index contributed by atoms with van der Waals surface area (Å²) in [5.41, 5.74) is -2.01. The topological polar surface area (TPSA) is 151 Å². The Hall–Kier alpha value is -2.42. The van der Waals surface area contributed by atoms with E-state index < -0.39 is 40.8 Å². The number of aliphatic hydroxyl groups excluding tert-OH is 2. The summed E-state index contributed by atoms with van der Waals surface area (Å²) < 4.78 is 4.91. The number of ether oxygens (including phenoxy) is 1. The molecule has 8 nitrogen and oxygen atoms in total. The normalized spacial score (nSPS) is 26.4. The molecule has 0 aromatic heterocycles. The van der Waals surface area contributed by atoms with Crippen molar-refractivity contribution in [1.82, 2.24) is 0 Å². The van der Waals surface area contributed by atoms with E-state index in [1.54, 1.807) is 0 Å². The summed E-state index contributed by atoms with van der Waals surface area (Å²) in [6.45, 7) is 1.27. The zero-order valence-electron chi connectivity index (χ0n) is 13.0. The lowest BCUT2D eigenvalue weighted by Crippen LogP contribution is -2.48. The zero-order chi connectivity index (χ0) is 18.0. The fourth-order valence-electron chi connectivity index (χ4n) is 3.27. The highest BCUT2D eigenvalue weighted by Gasteiger charge is 2.45. The molecule has 0 amide bonds. The molecule has 0 spiro atoms. The molecule has 0 radical (unpaired) electrons. The maximum absolute atomic E-state index is 10.5. The van der Waals surface area contributed by atoms with E-state index in [2.05, 4.69) is 0 Å². The summed E-state index contributed by atoms with van der Waals surface area (Å²) in [6, 6.07) is 1.05. The smallest absolute Gasteiger partial charge is 0.169 e. The van der Waals surface area contributed by atoms with Gasteiger partial charge in [-0.15, -0.1) is 0 Å². The van der Waals surface area contributed by atoms with Gasteiger partial charge in [-0.3, -0.25) is 0 Å². The second-order valence-electron chi connectivity index (χ2n) is 6.21. The number of hydrogen-bond donors (Lipinski definition) is 7. The van der Waals surface area contributed by atoms with Crippen molar-refractivity contribution >= 4 is 10.8 Å². The first kappa shape index (κ1) is 16.4. The second kappa shape index (κ2) is 5.04. The predicted octanol–water partition coefficient (Wildman–Crippen LogP) is 0.372. The van der Waals surface area contributed by atoms with Crippen LogP contribution in [0, 0.1) is 0 Å². The number of benzene rings is 2. The molecular formula is C16H18O8. The van der Waals surface area contributed by atoms with Crippen LogP contribution in [0.1, 0.15) is 24.2 Å². The van der Waals surface area contributed by atoms with Crippen molar-refractivity contribution in [2.24, 2.45) is 0 Å². The monoisotopic (exact) mass is 338 g/mol. The first-order valence-corrected chi connectivity index (χ1v) is 7.19. The number of hydrogen-bond acceptors (Lipinski definition) is 8. The van der Waals surface area contributed by atoms with Crippen molar-refractivity contribution in [1.29, 1.82) is 0 Å². The Labute approximate surface area is 136 Å². The van der Waals surface area contributed by atoms with E-state index in [9.17, 15) is 35.7 Å². The molecular weight excluding hydrogens is 320 g/mol. The van der Waals surface area contributed by atoms with Gasteiger partial charge in [0.25, 0.3) is 0 Å². The lowest BCUT2D eigenvalue weighted by molar-refractivity contribution is -0.126. The van der Waals surface area contributed by atoms with Crippen molar-refractivity contribution in [2.75, 3.05) is 7.11 Å². The van der Waals surface area contributed by atoms with Crippen LogP contribution in [0.15, 0.2) is 6.07 Å².